The number of pyridine rings is 1. The number of carbonyl (C=O) groups is 2. The zero-order chi connectivity index (χ0) is 26.7. The lowest BCUT2D eigenvalue weighted by atomic mass is 10.1. The number of hydrogen-bond donors (Lipinski definition) is 0. The molecule has 1 fully saturated rings. The van der Waals surface area contributed by atoms with Crippen LogP contribution in [0, 0.1) is 5.82 Å². The molecule has 2 aromatic carbocycles. The van der Waals surface area contributed by atoms with Crippen LogP contribution in [0.4, 0.5) is 10.1 Å². The van der Waals surface area contributed by atoms with Crippen LogP contribution in [0.3, 0.4) is 0 Å². The van der Waals surface area contributed by atoms with Gasteiger partial charge >= 0.3 is 0 Å². The maximum absolute atomic E-state index is 15.2. The zero-order valence-corrected chi connectivity index (χ0v) is 20.4. The number of fused-ring (bicyclic) bond motifs is 1. The first-order valence-corrected chi connectivity index (χ1v) is 11.8. The Kier molecular flexibility index (Phi) is 7.30. The van der Waals surface area contributed by atoms with Crippen LogP contribution in [-0.4, -0.2) is 59.2 Å². The smallest absolute Gasteiger partial charge is 0.219 e. The van der Waals surface area contributed by atoms with Crippen molar-refractivity contribution in [1.29, 1.82) is 0 Å². The second kappa shape index (κ2) is 10.6. The number of aryl methyl sites for hydroxylation is 1. The molecule has 4 rings (SSSR count). The first-order valence-electron chi connectivity index (χ1n) is 11.8. The summed E-state index contributed by atoms with van der Waals surface area (Å²) in [5.74, 6) is 2.11. The summed E-state index contributed by atoms with van der Waals surface area (Å²) >= 11 is 0. The minimum atomic E-state index is -0.589. The third kappa shape index (κ3) is 5.05. The van der Waals surface area contributed by atoms with E-state index in [1.807, 2.05) is 11.8 Å². The number of ketones is 1. The molecule has 0 bridgehead atoms. The van der Waals surface area contributed by atoms with Crippen LogP contribution in [-0.2, 0) is 20.9 Å². The van der Waals surface area contributed by atoms with Gasteiger partial charge in [0.05, 0.1) is 27.2 Å². The molecule has 0 aliphatic carbocycles. The fraction of sp³-hybridized carbons (Fsp3) is 0.250. The van der Waals surface area contributed by atoms with Crippen LogP contribution in [0.2, 0.25) is 0 Å². The number of aromatic nitrogens is 1. The third-order valence-corrected chi connectivity index (χ3v) is 6.51. The Labute approximate surface area is 211 Å². The largest absolute Gasteiger partial charge is 0.366 e. The number of nitrogens with zero attached hydrogens (tertiary/aromatic N) is 3. The van der Waals surface area contributed by atoms with E-state index in [9.17, 15) is 24.0 Å². The maximum Gasteiger partial charge on any atom is 0.219 e. The summed E-state index contributed by atoms with van der Waals surface area (Å²) in [6.45, 7) is 5.69. The van der Waals surface area contributed by atoms with E-state index in [0.29, 0.717) is 49.5 Å². The van der Waals surface area contributed by atoms with Crippen molar-refractivity contribution in [1.82, 2.24) is 9.47 Å². The molecule has 2 heterocycles. The highest BCUT2D eigenvalue weighted by Crippen LogP contribution is 2.26. The molecule has 0 saturated carbocycles. The van der Waals surface area contributed by atoms with E-state index >= 15 is 4.39 Å². The Bertz CT molecular complexity index is 1670. The zero-order valence-electron chi connectivity index (χ0n) is 20.4. The number of rotatable bonds is 5. The van der Waals surface area contributed by atoms with Crippen molar-refractivity contribution in [2.24, 2.45) is 0 Å². The fourth-order valence-electron chi connectivity index (χ4n) is 4.44. The molecule has 0 spiro atoms. The van der Waals surface area contributed by atoms with E-state index in [0.717, 1.165) is 6.07 Å². The Morgan fingerprint density at radius 3 is 2.35 bits per heavy atom. The number of benzene rings is 2. The van der Waals surface area contributed by atoms with Gasteiger partial charge in [-0.25, -0.2) is 14.0 Å². The molecule has 9 heteroatoms. The van der Waals surface area contributed by atoms with Crippen LogP contribution in [0.1, 0.15) is 29.8 Å². The molecule has 0 unspecified atom stereocenters. The average molecular weight is 502 g/mol. The van der Waals surface area contributed by atoms with Gasteiger partial charge in [-0.2, -0.15) is 0 Å². The number of amides is 1. The van der Waals surface area contributed by atoms with Gasteiger partial charge in [-0.3, -0.25) is 14.4 Å². The molecule has 188 valence electrons. The van der Waals surface area contributed by atoms with E-state index < -0.39 is 17.0 Å². The van der Waals surface area contributed by atoms with Gasteiger partial charge in [0.15, 0.2) is 5.78 Å². The third-order valence-electron chi connectivity index (χ3n) is 6.51. The molecule has 3 aromatic rings. The van der Waals surface area contributed by atoms with E-state index in [2.05, 4.69) is 0 Å². The molecule has 0 N–H and O–H groups in total. The van der Waals surface area contributed by atoms with E-state index in [4.69, 9.17) is 0 Å². The van der Waals surface area contributed by atoms with Crippen LogP contribution in [0.5, 0.6) is 0 Å². The molecule has 8 nitrogen and oxygen atoms in total. The summed E-state index contributed by atoms with van der Waals surface area (Å²) in [7, 11) is 0. The molecule has 37 heavy (non-hydrogen) atoms. The fourth-order valence-corrected chi connectivity index (χ4v) is 4.44. The van der Waals surface area contributed by atoms with Gasteiger partial charge in [-0.1, -0.05) is 12.1 Å². The number of anilines is 1. The minimum Gasteiger partial charge on any atom is -0.366 e. The van der Waals surface area contributed by atoms with Crippen LogP contribution in [0.25, 0.3) is 17.0 Å². The van der Waals surface area contributed by atoms with E-state index in [1.165, 1.54) is 43.5 Å². The molecule has 1 aromatic heterocycles. The number of hydrogen-bond acceptors (Lipinski definition) is 6. The summed E-state index contributed by atoms with van der Waals surface area (Å²) in [4.78, 5) is 63.2. The first-order chi connectivity index (χ1) is 17.8. The molecule has 1 aliphatic heterocycles. The first kappa shape index (κ1) is 25.5. The summed E-state index contributed by atoms with van der Waals surface area (Å²) in [6, 6.07) is 7.08. The van der Waals surface area contributed by atoms with Gasteiger partial charge < -0.3 is 14.4 Å². The Hall–Kier alpha value is -4.58. The number of halogens is 1. The number of carbonyl (C=O) groups excluding carboxylic acids is 4. The van der Waals surface area contributed by atoms with Crippen molar-refractivity contribution >= 4 is 46.2 Å². The highest BCUT2D eigenvalue weighted by Gasteiger charge is 2.23. The standard InChI is InChI=1S/C28H24FN3O5/c1-3-30-15-23(27(36)7-5-19-4-6-20(16-33)21(12-19)17-34)28(37)22-13-24(29)26(14-25(22)30)32-10-8-31(9-11-32)18(2)35/h4-7,12-15H,3,8-11H2,1-2H3/b7-5+. The SMILES string of the molecule is CCn1cc(C(=O)/C=C/c2ccc(=C=O)c(=C=O)c2)c(=O)c2cc(F)c(N3CCN(C(C)=O)CC3)cc21. The van der Waals surface area contributed by atoms with E-state index in [-0.39, 0.29) is 27.3 Å². The molecule has 1 saturated heterocycles. The monoisotopic (exact) mass is 501 g/mol. The van der Waals surface area contributed by atoms with Crippen molar-refractivity contribution in [3.63, 3.8) is 0 Å². The average Bonchev–Trinajstić information content (AvgIpc) is 2.91. The lowest BCUT2D eigenvalue weighted by molar-refractivity contribution is -0.129. The van der Waals surface area contributed by atoms with Gasteiger partial charge in [-0.15, -0.1) is 0 Å². The second-order valence-corrected chi connectivity index (χ2v) is 8.68. The van der Waals surface area contributed by atoms with Crippen molar-refractivity contribution in [2.75, 3.05) is 31.1 Å². The highest BCUT2D eigenvalue weighted by molar-refractivity contribution is 6.08. The minimum absolute atomic E-state index is 0.0117. The summed E-state index contributed by atoms with van der Waals surface area (Å²) < 4.78 is 16.9. The lowest BCUT2D eigenvalue weighted by Gasteiger charge is -2.36. The number of piperazine rings is 1. The molecule has 0 radical (unpaired) electrons. The molecular weight excluding hydrogens is 477 g/mol. The predicted molar refractivity (Wildman–Crippen MR) is 137 cm³/mol. The Morgan fingerprint density at radius 2 is 1.73 bits per heavy atom. The quantitative estimate of drug-likeness (QED) is 0.378. The van der Waals surface area contributed by atoms with Gasteiger partial charge in [0.25, 0.3) is 0 Å². The van der Waals surface area contributed by atoms with Crippen molar-refractivity contribution in [3.05, 3.63) is 80.2 Å². The molecule has 1 aliphatic rings. The van der Waals surface area contributed by atoms with Crippen molar-refractivity contribution in [3.8, 4) is 0 Å². The molecule has 1 amide bonds. The van der Waals surface area contributed by atoms with Gasteiger partial charge in [0.2, 0.25) is 11.3 Å². The summed E-state index contributed by atoms with van der Waals surface area (Å²) in [5.41, 5.74) is 0.602. The Morgan fingerprint density at radius 1 is 1.03 bits per heavy atom. The molecular formula is C28H24FN3O5. The molecule has 0 atom stereocenters. The maximum atomic E-state index is 15.2. The van der Waals surface area contributed by atoms with Crippen LogP contribution < -0.4 is 20.8 Å². The Balaban J connectivity index is 1.71. The highest BCUT2D eigenvalue weighted by atomic mass is 19.1. The predicted octanol–water partition coefficient (Wildman–Crippen LogP) is 0.732. The van der Waals surface area contributed by atoms with Crippen molar-refractivity contribution in [2.45, 2.75) is 20.4 Å². The summed E-state index contributed by atoms with van der Waals surface area (Å²) in [5, 5.41) is 0.159. The van der Waals surface area contributed by atoms with Crippen molar-refractivity contribution < 1.29 is 23.6 Å². The second-order valence-electron chi connectivity index (χ2n) is 8.68. The topological polar surface area (TPSA) is 96.8 Å². The van der Waals surface area contributed by atoms with Gasteiger partial charge in [0.1, 0.15) is 17.7 Å². The van der Waals surface area contributed by atoms with Crippen LogP contribution in [0.15, 0.2) is 47.4 Å². The van der Waals surface area contributed by atoms with Gasteiger partial charge in [-0.05, 0) is 42.8 Å². The van der Waals surface area contributed by atoms with E-state index in [1.54, 1.807) is 27.4 Å². The van der Waals surface area contributed by atoms with Gasteiger partial charge in [0, 0.05) is 51.2 Å². The normalized spacial score (nSPS) is 13.6. The number of allylic oxidation sites excluding steroid dienone is 1. The summed E-state index contributed by atoms with van der Waals surface area (Å²) in [6.07, 6.45) is 4.07. The van der Waals surface area contributed by atoms with Crippen LogP contribution >= 0.6 is 0 Å². The lowest BCUT2D eigenvalue weighted by Crippen LogP contribution is -2.48.